The third-order valence-electron chi connectivity index (χ3n) is 3.65. The van der Waals surface area contributed by atoms with E-state index in [1.165, 1.54) is 13.2 Å². The Bertz CT molecular complexity index is 660. The Balaban J connectivity index is 2.07. The van der Waals surface area contributed by atoms with Crippen molar-refractivity contribution in [2.24, 2.45) is 0 Å². The topological polar surface area (TPSA) is 87.2 Å². The molecule has 0 aliphatic rings. The molecule has 0 bridgehead atoms. The lowest BCUT2D eigenvalue weighted by molar-refractivity contribution is -0.116. The van der Waals surface area contributed by atoms with Gasteiger partial charge in [-0.25, -0.2) is 0 Å². The standard InChI is InChI=1S/C16H21N3O3/c1-9(16-10(2)18-19-11(16)3)7-15(21)17-13-8-12(22-4)5-6-14(13)20/h5-6,8-9,20H,7H2,1-4H3,(H,17,21)(H,18,19)/t9-/m0/s1. The van der Waals surface area contributed by atoms with Crippen LogP contribution in [0.3, 0.4) is 0 Å². The van der Waals surface area contributed by atoms with Crippen LogP contribution in [0, 0.1) is 13.8 Å². The number of phenols is 1. The first-order valence-electron chi connectivity index (χ1n) is 7.10. The van der Waals surface area contributed by atoms with Crippen molar-refractivity contribution in [3.05, 3.63) is 35.2 Å². The minimum atomic E-state index is -0.170. The number of hydrogen-bond acceptors (Lipinski definition) is 4. The van der Waals surface area contributed by atoms with E-state index in [1.54, 1.807) is 12.1 Å². The Hall–Kier alpha value is -2.50. The molecule has 6 heteroatoms. The largest absolute Gasteiger partial charge is 0.506 e. The molecule has 1 aromatic heterocycles. The number of rotatable bonds is 5. The first-order chi connectivity index (χ1) is 10.4. The summed E-state index contributed by atoms with van der Waals surface area (Å²) < 4.78 is 5.09. The van der Waals surface area contributed by atoms with Crippen LogP contribution >= 0.6 is 0 Å². The summed E-state index contributed by atoms with van der Waals surface area (Å²) >= 11 is 0. The number of aromatic hydroxyl groups is 1. The summed E-state index contributed by atoms with van der Waals surface area (Å²) in [4.78, 5) is 12.2. The molecule has 0 saturated heterocycles. The molecule has 0 saturated carbocycles. The number of H-pyrrole nitrogens is 1. The number of amides is 1. The van der Waals surface area contributed by atoms with Crippen LogP contribution in [0.2, 0.25) is 0 Å². The second-order valence-corrected chi connectivity index (χ2v) is 5.38. The second-order valence-electron chi connectivity index (χ2n) is 5.38. The minimum Gasteiger partial charge on any atom is -0.506 e. The molecule has 1 atom stereocenters. The van der Waals surface area contributed by atoms with Gasteiger partial charge in [0.2, 0.25) is 5.91 Å². The molecule has 1 heterocycles. The number of benzene rings is 1. The van der Waals surface area contributed by atoms with Crippen LogP contribution < -0.4 is 10.1 Å². The quantitative estimate of drug-likeness (QED) is 0.741. The number of aryl methyl sites for hydroxylation is 2. The van der Waals surface area contributed by atoms with E-state index < -0.39 is 0 Å². The molecule has 1 amide bonds. The highest BCUT2D eigenvalue weighted by Gasteiger charge is 2.18. The van der Waals surface area contributed by atoms with Gasteiger partial charge in [0.1, 0.15) is 11.5 Å². The van der Waals surface area contributed by atoms with Gasteiger partial charge in [-0.2, -0.15) is 5.10 Å². The van der Waals surface area contributed by atoms with Gasteiger partial charge in [0.25, 0.3) is 0 Å². The predicted molar refractivity (Wildman–Crippen MR) is 84.4 cm³/mol. The average molecular weight is 303 g/mol. The van der Waals surface area contributed by atoms with Crippen LogP contribution in [0.4, 0.5) is 5.69 Å². The van der Waals surface area contributed by atoms with Gasteiger partial charge >= 0.3 is 0 Å². The molecule has 2 aromatic rings. The summed E-state index contributed by atoms with van der Waals surface area (Å²) in [6.07, 6.45) is 0.303. The molecule has 2 rings (SSSR count). The Kier molecular flexibility index (Phi) is 4.70. The van der Waals surface area contributed by atoms with Crippen LogP contribution in [0.25, 0.3) is 0 Å². The fourth-order valence-corrected chi connectivity index (χ4v) is 2.61. The van der Waals surface area contributed by atoms with Crippen molar-refractivity contribution in [3.8, 4) is 11.5 Å². The van der Waals surface area contributed by atoms with Gasteiger partial charge in [-0.15, -0.1) is 0 Å². The van der Waals surface area contributed by atoms with Gasteiger partial charge in [0, 0.05) is 18.2 Å². The Morgan fingerprint density at radius 2 is 2.18 bits per heavy atom. The molecule has 0 aliphatic heterocycles. The van der Waals surface area contributed by atoms with Gasteiger partial charge < -0.3 is 15.2 Å². The summed E-state index contributed by atoms with van der Waals surface area (Å²) in [5, 5.41) is 19.6. The molecule has 0 spiro atoms. The fraction of sp³-hybridized carbons (Fsp3) is 0.375. The normalized spacial score (nSPS) is 12.0. The highest BCUT2D eigenvalue weighted by Crippen LogP contribution is 2.29. The van der Waals surface area contributed by atoms with Crippen molar-refractivity contribution in [1.29, 1.82) is 0 Å². The smallest absolute Gasteiger partial charge is 0.225 e. The second kappa shape index (κ2) is 6.51. The van der Waals surface area contributed by atoms with Crippen molar-refractivity contribution < 1.29 is 14.6 Å². The van der Waals surface area contributed by atoms with Crippen LogP contribution in [-0.2, 0) is 4.79 Å². The molecule has 3 N–H and O–H groups in total. The zero-order valence-corrected chi connectivity index (χ0v) is 13.2. The van der Waals surface area contributed by atoms with E-state index in [1.807, 2.05) is 20.8 Å². The molecule has 22 heavy (non-hydrogen) atoms. The number of methoxy groups -OCH3 is 1. The number of aromatic amines is 1. The van der Waals surface area contributed by atoms with Crippen molar-refractivity contribution in [3.63, 3.8) is 0 Å². The maximum atomic E-state index is 12.2. The summed E-state index contributed by atoms with van der Waals surface area (Å²) in [5.41, 5.74) is 3.28. The number of carbonyl (C=O) groups is 1. The van der Waals surface area contributed by atoms with E-state index in [4.69, 9.17) is 4.74 Å². The number of carbonyl (C=O) groups excluding carboxylic acids is 1. The number of phenolic OH excluding ortho intramolecular Hbond substituents is 1. The van der Waals surface area contributed by atoms with E-state index >= 15 is 0 Å². The van der Waals surface area contributed by atoms with Crippen molar-refractivity contribution in [2.75, 3.05) is 12.4 Å². The van der Waals surface area contributed by atoms with Gasteiger partial charge in [-0.05, 0) is 37.5 Å². The summed E-state index contributed by atoms with van der Waals surface area (Å²) in [7, 11) is 1.53. The fourth-order valence-electron chi connectivity index (χ4n) is 2.61. The number of hydrogen-bond donors (Lipinski definition) is 3. The minimum absolute atomic E-state index is 0.0116. The summed E-state index contributed by atoms with van der Waals surface area (Å²) in [6.45, 7) is 5.84. The molecule has 0 aliphatic carbocycles. The van der Waals surface area contributed by atoms with Gasteiger partial charge in [-0.3, -0.25) is 9.89 Å². The Morgan fingerprint density at radius 1 is 1.45 bits per heavy atom. The highest BCUT2D eigenvalue weighted by molar-refractivity contribution is 5.93. The number of nitrogens with zero attached hydrogens (tertiary/aromatic N) is 1. The Morgan fingerprint density at radius 3 is 2.77 bits per heavy atom. The first kappa shape index (κ1) is 15.9. The third-order valence-corrected chi connectivity index (χ3v) is 3.65. The Labute approximate surface area is 129 Å². The maximum absolute atomic E-state index is 12.2. The summed E-state index contributed by atoms with van der Waals surface area (Å²) in [6, 6.07) is 4.71. The molecular weight excluding hydrogens is 282 g/mol. The van der Waals surface area contributed by atoms with Crippen LogP contribution in [0.5, 0.6) is 11.5 Å². The van der Waals surface area contributed by atoms with Crippen LogP contribution in [0.15, 0.2) is 18.2 Å². The third kappa shape index (κ3) is 3.39. The van der Waals surface area contributed by atoms with Gasteiger partial charge in [0.05, 0.1) is 18.5 Å². The van der Waals surface area contributed by atoms with Gasteiger partial charge in [0.15, 0.2) is 0 Å². The number of nitrogens with one attached hydrogen (secondary N) is 2. The molecule has 0 radical (unpaired) electrons. The predicted octanol–water partition coefficient (Wildman–Crippen LogP) is 2.87. The van der Waals surface area contributed by atoms with E-state index in [-0.39, 0.29) is 17.6 Å². The maximum Gasteiger partial charge on any atom is 0.225 e. The molecule has 0 fully saturated rings. The SMILES string of the molecule is COc1ccc(O)c(NC(=O)C[C@H](C)c2c(C)n[nH]c2C)c1. The highest BCUT2D eigenvalue weighted by atomic mass is 16.5. The lowest BCUT2D eigenvalue weighted by Gasteiger charge is -2.13. The zero-order chi connectivity index (χ0) is 16.3. The number of anilines is 1. The van der Waals surface area contributed by atoms with Crippen LogP contribution in [-0.4, -0.2) is 28.3 Å². The van der Waals surface area contributed by atoms with Crippen molar-refractivity contribution in [2.45, 2.75) is 33.1 Å². The van der Waals surface area contributed by atoms with E-state index in [9.17, 15) is 9.90 Å². The molecule has 6 nitrogen and oxygen atoms in total. The van der Waals surface area contributed by atoms with Crippen molar-refractivity contribution >= 4 is 11.6 Å². The molecular formula is C16H21N3O3. The first-order valence-corrected chi connectivity index (χ1v) is 7.10. The summed E-state index contributed by atoms with van der Waals surface area (Å²) in [5.74, 6) is 0.447. The average Bonchev–Trinajstić information content (AvgIpc) is 2.80. The van der Waals surface area contributed by atoms with Gasteiger partial charge in [-0.1, -0.05) is 6.92 Å². The molecule has 118 valence electrons. The number of aromatic nitrogens is 2. The molecule has 1 aromatic carbocycles. The lowest BCUT2D eigenvalue weighted by Crippen LogP contribution is -2.15. The van der Waals surface area contributed by atoms with Crippen LogP contribution in [0.1, 0.15) is 36.2 Å². The van der Waals surface area contributed by atoms with E-state index in [0.717, 1.165) is 17.0 Å². The van der Waals surface area contributed by atoms with Crippen molar-refractivity contribution in [1.82, 2.24) is 10.2 Å². The number of ether oxygens (including phenoxy) is 1. The van der Waals surface area contributed by atoms with E-state index in [0.29, 0.717) is 17.9 Å². The monoisotopic (exact) mass is 303 g/mol. The lowest BCUT2D eigenvalue weighted by atomic mass is 9.95. The molecule has 0 unspecified atom stereocenters. The zero-order valence-electron chi connectivity index (χ0n) is 13.2. The van der Waals surface area contributed by atoms with E-state index in [2.05, 4.69) is 15.5 Å².